The topological polar surface area (TPSA) is 24.1 Å². The van der Waals surface area contributed by atoms with Crippen LogP contribution in [0.15, 0.2) is 0 Å². The smallest absolute Gasteiger partial charge is 0.0119 e. The van der Waals surface area contributed by atoms with Gasteiger partial charge >= 0.3 is 0 Å². The fourth-order valence-corrected chi connectivity index (χ4v) is 2.63. The van der Waals surface area contributed by atoms with Crippen molar-refractivity contribution in [3.63, 3.8) is 0 Å². The molecule has 1 saturated heterocycles. The zero-order valence-electron chi connectivity index (χ0n) is 9.82. The lowest BCUT2D eigenvalue weighted by Crippen LogP contribution is -2.52. The average Bonchev–Trinajstić information content (AvgIpc) is 2.51. The van der Waals surface area contributed by atoms with Crippen molar-refractivity contribution in [2.24, 2.45) is 10.8 Å². The van der Waals surface area contributed by atoms with Crippen molar-refractivity contribution >= 4 is 0 Å². The first kappa shape index (κ1) is 10.4. The maximum Gasteiger partial charge on any atom is 0.0119 e. The van der Waals surface area contributed by atoms with Crippen LogP contribution in [-0.2, 0) is 0 Å². The predicted octanol–water partition coefficient (Wildman–Crippen LogP) is 1.76. The summed E-state index contributed by atoms with van der Waals surface area (Å²) < 4.78 is 0. The van der Waals surface area contributed by atoms with Crippen molar-refractivity contribution in [1.29, 1.82) is 0 Å². The largest absolute Gasteiger partial charge is 0.316 e. The lowest BCUT2D eigenvalue weighted by molar-refractivity contribution is 0.0981. The first-order chi connectivity index (χ1) is 6.52. The van der Waals surface area contributed by atoms with Crippen LogP contribution in [0, 0.1) is 10.8 Å². The van der Waals surface area contributed by atoms with Crippen LogP contribution in [-0.4, -0.2) is 25.7 Å². The van der Waals surface area contributed by atoms with Crippen LogP contribution in [0.1, 0.15) is 40.0 Å². The molecule has 2 aliphatic rings. The molecule has 82 valence electrons. The second kappa shape index (κ2) is 3.49. The SMILES string of the molecule is CC1(CNC2CCC2(C)C)CCNC1. The Labute approximate surface area is 87.8 Å². The zero-order chi connectivity index (χ0) is 10.2. The summed E-state index contributed by atoms with van der Waals surface area (Å²) in [6.45, 7) is 10.7. The maximum atomic E-state index is 3.75. The van der Waals surface area contributed by atoms with Gasteiger partial charge in [0.1, 0.15) is 0 Å². The van der Waals surface area contributed by atoms with Crippen molar-refractivity contribution in [2.75, 3.05) is 19.6 Å². The Morgan fingerprint density at radius 2 is 2.07 bits per heavy atom. The summed E-state index contributed by atoms with van der Waals surface area (Å²) >= 11 is 0. The second-order valence-corrected chi connectivity index (χ2v) is 6.20. The van der Waals surface area contributed by atoms with Crippen molar-refractivity contribution < 1.29 is 0 Å². The van der Waals surface area contributed by atoms with Gasteiger partial charge in [0.2, 0.25) is 0 Å². The first-order valence-electron chi connectivity index (χ1n) is 5.96. The highest BCUT2D eigenvalue weighted by Gasteiger charge is 2.39. The van der Waals surface area contributed by atoms with E-state index >= 15 is 0 Å². The van der Waals surface area contributed by atoms with Gasteiger partial charge in [0.05, 0.1) is 0 Å². The van der Waals surface area contributed by atoms with Gasteiger partial charge in [-0.15, -0.1) is 0 Å². The van der Waals surface area contributed by atoms with E-state index in [-0.39, 0.29) is 0 Å². The van der Waals surface area contributed by atoms with Gasteiger partial charge in [-0.25, -0.2) is 0 Å². The highest BCUT2D eigenvalue weighted by atomic mass is 15.0. The van der Waals surface area contributed by atoms with Gasteiger partial charge in [0, 0.05) is 19.1 Å². The summed E-state index contributed by atoms with van der Waals surface area (Å²) in [5.74, 6) is 0. The maximum absolute atomic E-state index is 3.75. The summed E-state index contributed by atoms with van der Waals surface area (Å²) in [4.78, 5) is 0. The van der Waals surface area contributed by atoms with Crippen LogP contribution in [0.5, 0.6) is 0 Å². The zero-order valence-corrected chi connectivity index (χ0v) is 9.82. The Bertz CT molecular complexity index is 204. The third-order valence-corrected chi connectivity index (χ3v) is 4.25. The molecule has 0 aromatic carbocycles. The number of hydrogen-bond donors (Lipinski definition) is 2. The molecule has 0 bridgehead atoms. The van der Waals surface area contributed by atoms with Crippen molar-refractivity contribution in [1.82, 2.24) is 10.6 Å². The van der Waals surface area contributed by atoms with E-state index in [1.54, 1.807) is 0 Å². The quantitative estimate of drug-likeness (QED) is 0.719. The monoisotopic (exact) mass is 196 g/mol. The molecule has 1 saturated carbocycles. The molecule has 2 rings (SSSR count). The van der Waals surface area contributed by atoms with Crippen LogP contribution in [0.2, 0.25) is 0 Å². The van der Waals surface area contributed by atoms with Gasteiger partial charge in [-0.1, -0.05) is 20.8 Å². The molecule has 0 amide bonds. The Morgan fingerprint density at radius 3 is 2.50 bits per heavy atom. The molecular formula is C12H24N2. The fraction of sp³-hybridized carbons (Fsp3) is 1.00. The molecule has 0 radical (unpaired) electrons. The van der Waals surface area contributed by atoms with Crippen molar-refractivity contribution in [3.05, 3.63) is 0 Å². The van der Waals surface area contributed by atoms with Gasteiger partial charge in [-0.2, -0.15) is 0 Å². The molecule has 2 atom stereocenters. The average molecular weight is 196 g/mol. The van der Waals surface area contributed by atoms with Gasteiger partial charge in [-0.3, -0.25) is 0 Å². The number of nitrogens with one attached hydrogen (secondary N) is 2. The number of rotatable bonds is 3. The third kappa shape index (κ3) is 1.96. The molecule has 2 heteroatoms. The molecule has 14 heavy (non-hydrogen) atoms. The molecular weight excluding hydrogens is 172 g/mol. The molecule has 0 aromatic heterocycles. The first-order valence-corrected chi connectivity index (χ1v) is 5.96. The van der Waals surface area contributed by atoms with Gasteiger partial charge in [-0.05, 0) is 36.6 Å². The van der Waals surface area contributed by atoms with E-state index in [1.165, 1.54) is 38.9 Å². The van der Waals surface area contributed by atoms with E-state index in [4.69, 9.17) is 0 Å². The molecule has 2 unspecified atom stereocenters. The summed E-state index contributed by atoms with van der Waals surface area (Å²) in [7, 11) is 0. The van der Waals surface area contributed by atoms with E-state index in [2.05, 4.69) is 31.4 Å². The molecule has 2 fully saturated rings. The second-order valence-electron chi connectivity index (χ2n) is 6.20. The highest BCUT2D eigenvalue weighted by molar-refractivity contribution is 4.96. The lowest BCUT2D eigenvalue weighted by atomic mass is 9.67. The standard InChI is InChI=1S/C12H24N2/c1-11(2)5-4-10(11)14-9-12(3)6-7-13-8-12/h10,13-14H,4-9H2,1-3H3. The van der Waals surface area contributed by atoms with Gasteiger partial charge < -0.3 is 10.6 Å². The van der Waals surface area contributed by atoms with Crippen LogP contribution in [0.25, 0.3) is 0 Å². The van der Waals surface area contributed by atoms with E-state index in [1.807, 2.05) is 0 Å². The van der Waals surface area contributed by atoms with Crippen LogP contribution in [0.4, 0.5) is 0 Å². The minimum atomic E-state index is 0.506. The summed E-state index contributed by atoms with van der Waals surface area (Å²) in [5.41, 5.74) is 1.05. The van der Waals surface area contributed by atoms with E-state index in [0.717, 1.165) is 6.04 Å². The summed E-state index contributed by atoms with van der Waals surface area (Å²) in [5, 5.41) is 7.21. The molecule has 1 aliphatic heterocycles. The van der Waals surface area contributed by atoms with E-state index < -0.39 is 0 Å². The van der Waals surface area contributed by atoms with Crippen LogP contribution >= 0.6 is 0 Å². The highest BCUT2D eigenvalue weighted by Crippen LogP contribution is 2.40. The van der Waals surface area contributed by atoms with Crippen LogP contribution in [0.3, 0.4) is 0 Å². The molecule has 2 nitrogen and oxygen atoms in total. The molecule has 2 N–H and O–H groups in total. The van der Waals surface area contributed by atoms with E-state index in [9.17, 15) is 0 Å². The van der Waals surface area contributed by atoms with Crippen molar-refractivity contribution in [2.45, 2.75) is 46.1 Å². The summed E-state index contributed by atoms with van der Waals surface area (Å²) in [6, 6.07) is 0.764. The molecule has 1 heterocycles. The molecule has 0 spiro atoms. The normalized spacial score (nSPS) is 40.9. The Balaban J connectivity index is 1.77. The minimum absolute atomic E-state index is 0.506. The lowest BCUT2D eigenvalue weighted by Gasteiger charge is -2.46. The molecule has 1 aliphatic carbocycles. The van der Waals surface area contributed by atoms with Gasteiger partial charge in [0.15, 0.2) is 0 Å². The summed E-state index contributed by atoms with van der Waals surface area (Å²) in [6.07, 6.45) is 4.09. The predicted molar refractivity (Wildman–Crippen MR) is 60.4 cm³/mol. The van der Waals surface area contributed by atoms with E-state index in [0.29, 0.717) is 10.8 Å². The minimum Gasteiger partial charge on any atom is -0.316 e. The van der Waals surface area contributed by atoms with Crippen molar-refractivity contribution in [3.8, 4) is 0 Å². The Morgan fingerprint density at radius 1 is 1.29 bits per heavy atom. The Hall–Kier alpha value is -0.0800. The van der Waals surface area contributed by atoms with Gasteiger partial charge in [0.25, 0.3) is 0 Å². The Kier molecular flexibility index (Phi) is 2.61. The van der Waals surface area contributed by atoms with Crippen LogP contribution < -0.4 is 10.6 Å². The molecule has 0 aromatic rings. The third-order valence-electron chi connectivity index (χ3n) is 4.25. The fourth-order valence-electron chi connectivity index (χ4n) is 2.63. The number of hydrogen-bond acceptors (Lipinski definition) is 2.